The Balaban J connectivity index is 1.72. The number of thioether (sulfide) groups is 1. The first-order valence-electron chi connectivity index (χ1n) is 10.8. The zero-order valence-electron chi connectivity index (χ0n) is 19.0. The van der Waals surface area contributed by atoms with E-state index in [1.807, 2.05) is 66.8 Å². The van der Waals surface area contributed by atoms with Crippen LogP contribution in [0.1, 0.15) is 37.9 Å². The predicted octanol–water partition coefficient (Wildman–Crippen LogP) is 6.96. The SMILES string of the molecule is CCOC(=O)C1=C(C)N=C2SC=CN2[C@@H]1c1cc(Br)c(OCc2ccc(Br)cc2)c(OCC)c1. The third kappa shape index (κ3) is 5.21. The van der Waals surface area contributed by atoms with Gasteiger partial charge in [0.05, 0.1) is 35.0 Å². The number of carbonyl (C=O) groups is 1. The summed E-state index contributed by atoms with van der Waals surface area (Å²) in [5.74, 6) is 0.843. The molecular weight excluding hydrogens is 584 g/mol. The molecule has 2 aliphatic rings. The number of rotatable bonds is 8. The largest absolute Gasteiger partial charge is 0.490 e. The summed E-state index contributed by atoms with van der Waals surface area (Å²) in [6.07, 6.45) is 1.94. The Morgan fingerprint density at radius 2 is 1.88 bits per heavy atom. The van der Waals surface area contributed by atoms with E-state index in [9.17, 15) is 4.79 Å². The zero-order valence-corrected chi connectivity index (χ0v) is 23.0. The van der Waals surface area contributed by atoms with E-state index in [1.165, 1.54) is 11.8 Å². The Labute approximate surface area is 220 Å². The maximum atomic E-state index is 12.9. The first-order chi connectivity index (χ1) is 16.4. The number of nitrogens with zero attached hydrogens (tertiary/aromatic N) is 2. The summed E-state index contributed by atoms with van der Waals surface area (Å²) in [4.78, 5) is 19.6. The molecule has 0 aromatic heterocycles. The van der Waals surface area contributed by atoms with Gasteiger partial charge in [-0.2, -0.15) is 0 Å². The van der Waals surface area contributed by atoms with E-state index in [1.54, 1.807) is 6.92 Å². The first kappa shape index (κ1) is 24.9. The smallest absolute Gasteiger partial charge is 0.338 e. The summed E-state index contributed by atoms with van der Waals surface area (Å²) in [7, 11) is 0. The fourth-order valence-corrected chi connectivity index (χ4v) is 5.41. The van der Waals surface area contributed by atoms with Crippen LogP contribution in [0, 0.1) is 0 Å². The van der Waals surface area contributed by atoms with Gasteiger partial charge in [-0.3, -0.25) is 0 Å². The van der Waals surface area contributed by atoms with Crippen molar-refractivity contribution in [2.24, 2.45) is 4.99 Å². The van der Waals surface area contributed by atoms with E-state index in [0.717, 1.165) is 25.2 Å². The number of hydrogen-bond acceptors (Lipinski definition) is 7. The molecule has 0 aliphatic carbocycles. The summed E-state index contributed by atoms with van der Waals surface area (Å²) in [6.45, 7) is 6.73. The second kappa shape index (κ2) is 11.0. The van der Waals surface area contributed by atoms with Crippen LogP contribution < -0.4 is 9.47 Å². The molecule has 0 radical (unpaired) electrons. The number of benzene rings is 2. The maximum absolute atomic E-state index is 12.9. The Morgan fingerprint density at radius 1 is 1.12 bits per heavy atom. The molecule has 0 fully saturated rings. The summed E-state index contributed by atoms with van der Waals surface area (Å²) in [6, 6.07) is 11.5. The number of fused-ring (bicyclic) bond motifs is 1. The van der Waals surface area contributed by atoms with Crippen molar-refractivity contribution in [3.05, 3.63) is 79.3 Å². The molecule has 2 heterocycles. The molecule has 2 aromatic rings. The molecule has 0 N–H and O–H groups in total. The van der Waals surface area contributed by atoms with Gasteiger partial charge < -0.3 is 19.1 Å². The van der Waals surface area contributed by atoms with E-state index < -0.39 is 6.04 Å². The second-order valence-corrected chi connectivity index (χ2v) is 10.1. The van der Waals surface area contributed by atoms with E-state index in [2.05, 4.69) is 36.9 Å². The number of allylic oxidation sites excluding steroid dienone is 1. The molecule has 2 aliphatic heterocycles. The van der Waals surface area contributed by atoms with Crippen molar-refractivity contribution in [1.82, 2.24) is 4.90 Å². The van der Waals surface area contributed by atoms with Crippen LogP contribution in [-0.4, -0.2) is 29.3 Å². The van der Waals surface area contributed by atoms with Gasteiger partial charge in [-0.25, -0.2) is 9.79 Å². The van der Waals surface area contributed by atoms with Crippen molar-refractivity contribution < 1.29 is 19.0 Å². The topological polar surface area (TPSA) is 60.4 Å². The highest BCUT2D eigenvalue weighted by molar-refractivity contribution is 9.10. The van der Waals surface area contributed by atoms with E-state index in [-0.39, 0.29) is 5.97 Å². The predicted molar refractivity (Wildman–Crippen MR) is 142 cm³/mol. The average molecular weight is 608 g/mol. The lowest BCUT2D eigenvalue weighted by molar-refractivity contribution is -0.139. The molecule has 178 valence electrons. The van der Waals surface area contributed by atoms with Gasteiger partial charge in [-0.1, -0.05) is 39.8 Å². The van der Waals surface area contributed by atoms with Crippen LogP contribution in [0.15, 0.2) is 73.2 Å². The molecule has 9 heteroatoms. The second-order valence-electron chi connectivity index (χ2n) is 7.50. The molecule has 0 bridgehead atoms. The molecule has 0 spiro atoms. The van der Waals surface area contributed by atoms with Crippen LogP contribution in [0.3, 0.4) is 0 Å². The molecule has 34 heavy (non-hydrogen) atoms. The Kier molecular flexibility index (Phi) is 8.06. The highest BCUT2D eigenvalue weighted by atomic mass is 79.9. The molecule has 0 saturated carbocycles. The monoisotopic (exact) mass is 606 g/mol. The Bertz CT molecular complexity index is 1180. The minimum atomic E-state index is -0.395. The molecule has 0 unspecified atom stereocenters. The van der Waals surface area contributed by atoms with Crippen LogP contribution in [-0.2, 0) is 16.1 Å². The van der Waals surface area contributed by atoms with Crippen molar-refractivity contribution in [2.75, 3.05) is 13.2 Å². The third-order valence-corrected chi connectivity index (χ3v) is 7.15. The number of hydrogen-bond donors (Lipinski definition) is 0. The number of amidine groups is 1. The van der Waals surface area contributed by atoms with Gasteiger partial charge in [0.2, 0.25) is 0 Å². The molecule has 4 rings (SSSR count). The van der Waals surface area contributed by atoms with Gasteiger partial charge in [0.25, 0.3) is 0 Å². The van der Waals surface area contributed by atoms with Crippen molar-refractivity contribution in [3.63, 3.8) is 0 Å². The van der Waals surface area contributed by atoms with Gasteiger partial charge >= 0.3 is 5.97 Å². The highest BCUT2D eigenvalue weighted by Crippen LogP contribution is 2.45. The maximum Gasteiger partial charge on any atom is 0.338 e. The highest BCUT2D eigenvalue weighted by Gasteiger charge is 2.38. The Hall–Kier alpha value is -2.23. The average Bonchev–Trinajstić information content (AvgIpc) is 3.27. The van der Waals surface area contributed by atoms with Crippen LogP contribution >= 0.6 is 43.6 Å². The minimum Gasteiger partial charge on any atom is -0.490 e. The summed E-state index contributed by atoms with van der Waals surface area (Å²) in [5, 5.41) is 2.78. The van der Waals surface area contributed by atoms with Gasteiger partial charge in [0, 0.05) is 10.7 Å². The summed E-state index contributed by atoms with van der Waals surface area (Å²) < 4.78 is 19.3. The van der Waals surface area contributed by atoms with Crippen molar-refractivity contribution >= 4 is 54.8 Å². The van der Waals surface area contributed by atoms with E-state index in [4.69, 9.17) is 14.2 Å². The standard InChI is InChI=1S/C25H24Br2N2O4S/c1-4-31-20-13-17(12-19(27)23(20)33-14-16-6-8-18(26)9-7-16)22-21(24(30)32-5-2)15(3)28-25-29(22)10-11-34-25/h6-13,22H,4-5,14H2,1-3H3/t22-/m1/s1. The lowest BCUT2D eigenvalue weighted by Gasteiger charge is -2.33. The third-order valence-electron chi connectivity index (χ3n) is 5.26. The lowest BCUT2D eigenvalue weighted by Crippen LogP contribution is -2.34. The van der Waals surface area contributed by atoms with E-state index >= 15 is 0 Å². The number of esters is 1. The van der Waals surface area contributed by atoms with Crippen LogP contribution in [0.25, 0.3) is 0 Å². The number of carbonyl (C=O) groups excluding carboxylic acids is 1. The van der Waals surface area contributed by atoms with E-state index in [0.29, 0.717) is 42.6 Å². The molecule has 0 amide bonds. The fraction of sp³-hybridized carbons (Fsp3) is 0.280. The molecule has 2 aromatic carbocycles. The van der Waals surface area contributed by atoms with Crippen LogP contribution in [0.4, 0.5) is 0 Å². The van der Waals surface area contributed by atoms with Gasteiger partial charge in [-0.05, 0) is 77.5 Å². The minimum absolute atomic E-state index is 0.292. The molecular formula is C25H24Br2N2O4S. The first-order valence-corrected chi connectivity index (χ1v) is 13.3. The summed E-state index contributed by atoms with van der Waals surface area (Å²) >= 11 is 8.66. The zero-order chi connectivity index (χ0) is 24.2. The van der Waals surface area contributed by atoms with Crippen molar-refractivity contribution in [2.45, 2.75) is 33.4 Å². The normalized spacial score (nSPS) is 16.9. The van der Waals surface area contributed by atoms with Crippen molar-refractivity contribution in [1.29, 1.82) is 0 Å². The summed E-state index contributed by atoms with van der Waals surface area (Å²) in [5.41, 5.74) is 3.07. The number of ether oxygens (including phenoxy) is 3. The Morgan fingerprint density at radius 3 is 2.59 bits per heavy atom. The molecule has 0 saturated heterocycles. The molecule has 1 atom stereocenters. The van der Waals surface area contributed by atoms with Crippen LogP contribution in [0.5, 0.6) is 11.5 Å². The van der Waals surface area contributed by atoms with Crippen molar-refractivity contribution in [3.8, 4) is 11.5 Å². The number of aliphatic imine (C=N–C) groups is 1. The van der Waals surface area contributed by atoms with Crippen LogP contribution in [0.2, 0.25) is 0 Å². The quantitative estimate of drug-likeness (QED) is 0.302. The van der Waals surface area contributed by atoms with Gasteiger partial charge in [0.15, 0.2) is 16.7 Å². The lowest BCUT2D eigenvalue weighted by atomic mass is 9.94. The fourth-order valence-electron chi connectivity index (χ4n) is 3.78. The van der Waals surface area contributed by atoms with Gasteiger partial charge in [-0.15, -0.1) is 0 Å². The molecule has 6 nitrogen and oxygen atoms in total. The number of halogens is 2. The van der Waals surface area contributed by atoms with Gasteiger partial charge in [0.1, 0.15) is 6.61 Å².